The molecule has 0 aliphatic heterocycles. The van der Waals surface area contributed by atoms with E-state index in [-0.39, 0.29) is 0 Å². The van der Waals surface area contributed by atoms with Crippen LogP contribution in [-0.2, 0) is 11.2 Å². The van der Waals surface area contributed by atoms with Crippen LogP contribution >= 0.6 is 0 Å². The molecule has 0 aromatic heterocycles. The Balaban J connectivity index is 1.92. The van der Waals surface area contributed by atoms with Crippen LogP contribution in [0.1, 0.15) is 30.9 Å². The molecular formula is C17H27NO. The van der Waals surface area contributed by atoms with Crippen LogP contribution in [0, 0.1) is 18.8 Å². The first-order chi connectivity index (χ1) is 9.19. The maximum Gasteiger partial charge on any atom is 0.0491 e. The van der Waals surface area contributed by atoms with Gasteiger partial charge in [-0.3, -0.25) is 0 Å². The quantitative estimate of drug-likeness (QED) is 0.776. The number of benzene rings is 1. The van der Waals surface area contributed by atoms with Crippen molar-refractivity contribution in [1.82, 2.24) is 5.32 Å². The van der Waals surface area contributed by atoms with Gasteiger partial charge in [0, 0.05) is 19.8 Å². The topological polar surface area (TPSA) is 21.3 Å². The summed E-state index contributed by atoms with van der Waals surface area (Å²) in [4.78, 5) is 0. The number of aryl methyl sites for hydroxylation is 1. The normalized spacial score (nSPS) is 18.3. The SMILES string of the molecule is COCC(C)C(CNC1CC1)Cc1ccc(C)cc1. The molecule has 1 aliphatic rings. The lowest BCUT2D eigenvalue weighted by atomic mass is 9.88. The first kappa shape index (κ1) is 14.5. The molecule has 106 valence electrons. The zero-order valence-electron chi connectivity index (χ0n) is 12.5. The third-order valence-electron chi connectivity index (χ3n) is 4.10. The van der Waals surface area contributed by atoms with Gasteiger partial charge >= 0.3 is 0 Å². The van der Waals surface area contributed by atoms with E-state index in [0.717, 1.165) is 25.6 Å². The second kappa shape index (κ2) is 7.06. The summed E-state index contributed by atoms with van der Waals surface area (Å²) < 4.78 is 5.34. The highest BCUT2D eigenvalue weighted by Gasteiger charge is 2.24. The molecule has 1 aliphatic carbocycles. The molecule has 1 aromatic rings. The summed E-state index contributed by atoms with van der Waals surface area (Å²) in [5.74, 6) is 1.25. The van der Waals surface area contributed by atoms with Crippen LogP contribution in [-0.4, -0.2) is 26.3 Å². The fraction of sp³-hybridized carbons (Fsp3) is 0.647. The van der Waals surface area contributed by atoms with E-state index >= 15 is 0 Å². The average Bonchev–Trinajstić information content (AvgIpc) is 3.21. The van der Waals surface area contributed by atoms with Crippen molar-refractivity contribution in [1.29, 1.82) is 0 Å². The Morgan fingerprint density at radius 1 is 1.26 bits per heavy atom. The van der Waals surface area contributed by atoms with E-state index in [1.807, 2.05) is 0 Å². The maximum atomic E-state index is 5.34. The molecule has 0 saturated heterocycles. The molecule has 2 nitrogen and oxygen atoms in total. The van der Waals surface area contributed by atoms with Crippen LogP contribution < -0.4 is 5.32 Å². The summed E-state index contributed by atoms with van der Waals surface area (Å²) >= 11 is 0. The van der Waals surface area contributed by atoms with E-state index in [2.05, 4.69) is 43.4 Å². The summed E-state index contributed by atoms with van der Waals surface area (Å²) in [6.07, 6.45) is 3.86. The molecule has 0 spiro atoms. The zero-order chi connectivity index (χ0) is 13.7. The average molecular weight is 261 g/mol. The Hall–Kier alpha value is -0.860. The van der Waals surface area contributed by atoms with Crippen LogP contribution in [0.3, 0.4) is 0 Å². The van der Waals surface area contributed by atoms with Crippen molar-refractivity contribution in [2.75, 3.05) is 20.3 Å². The molecule has 0 radical (unpaired) electrons. The lowest BCUT2D eigenvalue weighted by molar-refractivity contribution is 0.128. The molecule has 1 fully saturated rings. The minimum absolute atomic E-state index is 0.595. The van der Waals surface area contributed by atoms with E-state index in [9.17, 15) is 0 Å². The van der Waals surface area contributed by atoms with Gasteiger partial charge in [-0.05, 0) is 50.1 Å². The van der Waals surface area contributed by atoms with Crippen molar-refractivity contribution in [2.24, 2.45) is 11.8 Å². The van der Waals surface area contributed by atoms with Crippen molar-refractivity contribution in [3.8, 4) is 0 Å². The van der Waals surface area contributed by atoms with Gasteiger partial charge in [0.05, 0.1) is 0 Å². The smallest absolute Gasteiger partial charge is 0.0491 e. The fourth-order valence-electron chi connectivity index (χ4n) is 2.51. The molecule has 1 saturated carbocycles. The molecule has 2 rings (SSSR count). The van der Waals surface area contributed by atoms with E-state index < -0.39 is 0 Å². The summed E-state index contributed by atoms with van der Waals surface area (Å²) in [7, 11) is 1.80. The standard InChI is InChI=1S/C17H27NO/c1-13-4-6-15(7-5-13)10-16(14(2)12-19-3)11-18-17-8-9-17/h4-7,14,16-18H,8-12H2,1-3H3. The number of hydrogen-bond donors (Lipinski definition) is 1. The van der Waals surface area contributed by atoms with Gasteiger partial charge < -0.3 is 10.1 Å². The van der Waals surface area contributed by atoms with Crippen molar-refractivity contribution in [3.05, 3.63) is 35.4 Å². The number of nitrogens with one attached hydrogen (secondary N) is 1. The molecular weight excluding hydrogens is 234 g/mol. The highest BCUT2D eigenvalue weighted by molar-refractivity contribution is 5.21. The monoisotopic (exact) mass is 261 g/mol. The van der Waals surface area contributed by atoms with Gasteiger partial charge in [-0.1, -0.05) is 36.8 Å². The van der Waals surface area contributed by atoms with Gasteiger partial charge in [0.2, 0.25) is 0 Å². The third kappa shape index (κ3) is 4.96. The minimum atomic E-state index is 0.595. The third-order valence-corrected chi connectivity index (χ3v) is 4.10. The lowest BCUT2D eigenvalue weighted by Gasteiger charge is -2.24. The molecule has 2 unspecified atom stereocenters. The summed E-state index contributed by atoms with van der Waals surface area (Å²) in [6.45, 7) is 6.41. The Kier molecular flexibility index (Phi) is 5.41. The van der Waals surface area contributed by atoms with Crippen LogP contribution in [0.25, 0.3) is 0 Å². The molecule has 0 amide bonds. The first-order valence-electron chi connectivity index (χ1n) is 7.47. The molecule has 0 heterocycles. The van der Waals surface area contributed by atoms with Crippen LogP contribution in [0.5, 0.6) is 0 Å². The number of hydrogen-bond acceptors (Lipinski definition) is 2. The highest BCUT2D eigenvalue weighted by Crippen LogP contribution is 2.22. The van der Waals surface area contributed by atoms with E-state index in [4.69, 9.17) is 4.74 Å². The van der Waals surface area contributed by atoms with Crippen LogP contribution in [0.2, 0.25) is 0 Å². The van der Waals surface area contributed by atoms with Gasteiger partial charge in [-0.15, -0.1) is 0 Å². The van der Waals surface area contributed by atoms with Crippen LogP contribution in [0.4, 0.5) is 0 Å². The molecule has 1 aromatic carbocycles. The van der Waals surface area contributed by atoms with Gasteiger partial charge in [0.1, 0.15) is 0 Å². The Labute approximate surface area is 117 Å². The minimum Gasteiger partial charge on any atom is -0.384 e. The number of ether oxygens (including phenoxy) is 1. The van der Waals surface area contributed by atoms with Crippen molar-refractivity contribution < 1.29 is 4.74 Å². The van der Waals surface area contributed by atoms with Gasteiger partial charge in [0.15, 0.2) is 0 Å². The van der Waals surface area contributed by atoms with Crippen molar-refractivity contribution >= 4 is 0 Å². The summed E-state index contributed by atoms with van der Waals surface area (Å²) in [5.41, 5.74) is 2.78. The fourth-order valence-corrected chi connectivity index (χ4v) is 2.51. The zero-order valence-corrected chi connectivity index (χ0v) is 12.5. The Morgan fingerprint density at radius 3 is 2.53 bits per heavy atom. The second-order valence-electron chi connectivity index (χ2n) is 6.06. The summed E-state index contributed by atoms with van der Waals surface area (Å²) in [5, 5.41) is 3.67. The predicted molar refractivity (Wildman–Crippen MR) is 80.4 cm³/mol. The largest absolute Gasteiger partial charge is 0.384 e. The Bertz CT molecular complexity index is 369. The van der Waals surface area contributed by atoms with Crippen LogP contribution in [0.15, 0.2) is 24.3 Å². The highest BCUT2D eigenvalue weighted by atomic mass is 16.5. The van der Waals surface area contributed by atoms with Gasteiger partial charge in [-0.2, -0.15) is 0 Å². The molecule has 0 bridgehead atoms. The summed E-state index contributed by atoms with van der Waals surface area (Å²) in [6, 6.07) is 9.73. The molecule has 19 heavy (non-hydrogen) atoms. The van der Waals surface area contributed by atoms with Crippen molar-refractivity contribution in [2.45, 2.75) is 39.2 Å². The maximum absolute atomic E-state index is 5.34. The molecule has 1 N–H and O–H groups in total. The number of methoxy groups -OCH3 is 1. The predicted octanol–water partition coefficient (Wildman–Crippen LogP) is 3.19. The molecule has 2 heteroatoms. The van der Waals surface area contributed by atoms with E-state index in [0.29, 0.717) is 11.8 Å². The molecule has 2 atom stereocenters. The van der Waals surface area contributed by atoms with Gasteiger partial charge in [0.25, 0.3) is 0 Å². The van der Waals surface area contributed by atoms with Gasteiger partial charge in [-0.25, -0.2) is 0 Å². The second-order valence-corrected chi connectivity index (χ2v) is 6.06. The van der Waals surface area contributed by atoms with E-state index in [1.54, 1.807) is 7.11 Å². The lowest BCUT2D eigenvalue weighted by Crippen LogP contribution is -2.31. The number of rotatable bonds is 8. The first-order valence-corrected chi connectivity index (χ1v) is 7.47. The Morgan fingerprint density at radius 2 is 1.95 bits per heavy atom. The van der Waals surface area contributed by atoms with Crippen molar-refractivity contribution in [3.63, 3.8) is 0 Å². The van der Waals surface area contributed by atoms with E-state index in [1.165, 1.54) is 24.0 Å².